The van der Waals surface area contributed by atoms with Crippen molar-refractivity contribution in [2.24, 2.45) is 0 Å². The van der Waals surface area contributed by atoms with Crippen molar-refractivity contribution >= 4 is 32.3 Å². The fourth-order valence-corrected chi connectivity index (χ4v) is 4.65. The third-order valence-electron chi connectivity index (χ3n) is 6.14. The molecule has 0 atom stereocenters. The lowest BCUT2D eigenvalue weighted by Crippen LogP contribution is -2.30. The Kier molecular flexibility index (Phi) is 5.14. The largest absolute Gasteiger partial charge is 0.268 e. The molecule has 0 aliphatic carbocycles. The zero-order chi connectivity index (χ0) is 23.4. The van der Waals surface area contributed by atoms with Crippen LogP contribution >= 0.6 is 0 Å². The van der Waals surface area contributed by atoms with Crippen LogP contribution in [0.3, 0.4) is 0 Å². The normalized spacial score (nSPS) is 11.1. The Bertz CT molecular complexity index is 1730. The molecule has 0 aliphatic heterocycles. The van der Waals surface area contributed by atoms with E-state index in [1.165, 1.54) is 0 Å². The van der Waals surface area contributed by atoms with Crippen molar-refractivity contribution in [3.63, 3.8) is 0 Å². The van der Waals surface area contributed by atoms with E-state index in [9.17, 15) is 19.2 Å². The summed E-state index contributed by atoms with van der Waals surface area (Å²) < 4.78 is 2.20. The fraction of sp³-hybridized carbons (Fsp3) is 0.0345. The molecule has 170 valence electrons. The van der Waals surface area contributed by atoms with E-state index < -0.39 is 22.2 Å². The molecule has 35 heavy (non-hydrogen) atoms. The number of hydrogen-bond acceptors (Lipinski definition) is 4. The van der Waals surface area contributed by atoms with E-state index in [4.69, 9.17) is 0 Å². The summed E-state index contributed by atoms with van der Waals surface area (Å²) in [6, 6.07) is 26.8. The molecule has 0 saturated heterocycles. The van der Waals surface area contributed by atoms with Crippen LogP contribution in [0, 0.1) is 0 Å². The van der Waals surface area contributed by atoms with Crippen molar-refractivity contribution < 1.29 is 0 Å². The minimum Gasteiger partial charge on any atom is -0.268 e. The van der Waals surface area contributed by atoms with Gasteiger partial charge in [0.2, 0.25) is 0 Å². The van der Waals surface area contributed by atoms with Crippen molar-refractivity contribution in [1.29, 1.82) is 0 Å². The Balaban J connectivity index is 0.00000253. The quantitative estimate of drug-likeness (QED) is 0.387. The van der Waals surface area contributed by atoms with Crippen molar-refractivity contribution in [2.45, 2.75) is 7.43 Å². The molecule has 6 aromatic rings. The van der Waals surface area contributed by atoms with E-state index >= 15 is 0 Å². The second-order valence-electron chi connectivity index (χ2n) is 8.02. The lowest BCUT2D eigenvalue weighted by molar-refractivity contribution is 0.972. The first kappa shape index (κ1) is 22.0. The molecule has 6 nitrogen and oxygen atoms in total. The molecule has 2 aromatic heterocycles. The number of rotatable bonds is 2. The number of nitrogens with zero attached hydrogens (tertiary/aromatic N) is 2. The van der Waals surface area contributed by atoms with Crippen LogP contribution in [0.1, 0.15) is 7.43 Å². The first-order valence-corrected chi connectivity index (χ1v) is 10.7. The summed E-state index contributed by atoms with van der Waals surface area (Å²) in [6.07, 6.45) is 0. The van der Waals surface area contributed by atoms with Crippen LogP contribution < -0.4 is 22.2 Å². The predicted octanol–water partition coefficient (Wildman–Crippen LogP) is 4.24. The molecule has 0 bridgehead atoms. The maximum atomic E-state index is 13.8. The molecule has 6 rings (SSSR count). The van der Waals surface area contributed by atoms with Gasteiger partial charge in [-0.1, -0.05) is 56.0 Å². The van der Waals surface area contributed by atoms with Crippen LogP contribution in [0.4, 0.5) is 0 Å². The van der Waals surface area contributed by atoms with Gasteiger partial charge in [0.25, 0.3) is 22.2 Å². The van der Waals surface area contributed by atoms with Gasteiger partial charge in [0.15, 0.2) is 0 Å². The van der Waals surface area contributed by atoms with Crippen molar-refractivity contribution in [3.8, 4) is 11.4 Å². The smallest absolute Gasteiger partial charge is 0.265 e. The highest BCUT2D eigenvalue weighted by atomic mass is 16.2. The number of aromatic nitrogens is 2. The van der Waals surface area contributed by atoms with Gasteiger partial charge in [-0.25, -0.2) is 9.13 Å². The Morgan fingerprint density at radius 1 is 0.371 bits per heavy atom. The Labute approximate surface area is 198 Å². The molecule has 2 heterocycles. The van der Waals surface area contributed by atoms with Gasteiger partial charge >= 0.3 is 0 Å². The molecule has 0 amide bonds. The third-order valence-corrected chi connectivity index (χ3v) is 6.14. The molecule has 0 spiro atoms. The van der Waals surface area contributed by atoms with Crippen LogP contribution in [-0.2, 0) is 0 Å². The maximum Gasteiger partial charge on any atom is 0.265 e. The summed E-state index contributed by atoms with van der Waals surface area (Å²) in [6.45, 7) is 0. The molecular formula is C29H20N2O4. The van der Waals surface area contributed by atoms with Crippen LogP contribution in [0.2, 0.25) is 0 Å². The highest BCUT2D eigenvalue weighted by Crippen LogP contribution is 2.27. The zero-order valence-corrected chi connectivity index (χ0v) is 17.8. The summed E-state index contributed by atoms with van der Waals surface area (Å²) in [4.78, 5) is 55.0. The topological polar surface area (TPSA) is 78.1 Å². The van der Waals surface area contributed by atoms with Crippen molar-refractivity contribution in [3.05, 3.63) is 138 Å². The van der Waals surface area contributed by atoms with Crippen LogP contribution in [0.25, 0.3) is 43.7 Å². The lowest BCUT2D eigenvalue weighted by Gasteiger charge is -2.03. The summed E-state index contributed by atoms with van der Waals surface area (Å²) in [7, 11) is 0. The first-order valence-electron chi connectivity index (χ1n) is 10.7. The SMILES string of the molecule is C.O=c1c2cccc3c(=O)n(-c4ccccc4)c(=O)c4cccc(c(=O)n1-c1ccccc1)c4c23. The maximum absolute atomic E-state index is 13.8. The van der Waals surface area contributed by atoms with E-state index in [2.05, 4.69) is 0 Å². The van der Waals surface area contributed by atoms with Gasteiger partial charge in [-0.2, -0.15) is 0 Å². The standard InChI is InChI=1S/C28H16N2O4.CH4/c31-25-19-13-7-15-21-23(19)24-20(26(32)29(25)17-9-3-1-4-10-17)14-8-16-22(24)28(34)30(27(21)33)18-11-5-2-6-12-18;/h1-16H;1H4. The number of benzene rings is 4. The highest BCUT2D eigenvalue weighted by molar-refractivity contribution is 6.20. The van der Waals surface area contributed by atoms with E-state index in [-0.39, 0.29) is 29.0 Å². The van der Waals surface area contributed by atoms with E-state index in [0.29, 0.717) is 22.1 Å². The second-order valence-corrected chi connectivity index (χ2v) is 8.02. The van der Waals surface area contributed by atoms with Gasteiger partial charge in [-0.05, 0) is 48.5 Å². The fourth-order valence-electron chi connectivity index (χ4n) is 4.65. The van der Waals surface area contributed by atoms with Crippen LogP contribution in [0.5, 0.6) is 0 Å². The molecular weight excluding hydrogens is 440 g/mol. The summed E-state index contributed by atoms with van der Waals surface area (Å²) in [5, 5.41) is 1.38. The van der Waals surface area contributed by atoms with E-state index in [1.807, 2.05) is 0 Å². The molecule has 0 radical (unpaired) electrons. The molecule has 0 saturated carbocycles. The predicted molar refractivity (Wildman–Crippen MR) is 141 cm³/mol. The molecule has 0 unspecified atom stereocenters. The average Bonchev–Trinajstić information content (AvgIpc) is 3.04. The summed E-state index contributed by atoms with van der Waals surface area (Å²) >= 11 is 0. The van der Waals surface area contributed by atoms with Crippen LogP contribution in [0.15, 0.2) is 116 Å². The van der Waals surface area contributed by atoms with E-state index in [0.717, 1.165) is 9.13 Å². The Morgan fingerprint density at radius 3 is 0.943 bits per heavy atom. The minimum absolute atomic E-state index is 0. The van der Waals surface area contributed by atoms with Crippen LogP contribution in [-0.4, -0.2) is 9.13 Å². The average molecular weight is 460 g/mol. The lowest BCUT2D eigenvalue weighted by atomic mass is 10.0. The third kappa shape index (κ3) is 3.11. The van der Waals surface area contributed by atoms with Gasteiger partial charge < -0.3 is 0 Å². The second kappa shape index (κ2) is 8.18. The van der Waals surface area contributed by atoms with Gasteiger partial charge in [0.05, 0.1) is 11.4 Å². The van der Waals surface area contributed by atoms with E-state index in [1.54, 1.807) is 97.1 Å². The van der Waals surface area contributed by atoms with Gasteiger partial charge in [0, 0.05) is 32.3 Å². The number of hydrogen-bond donors (Lipinski definition) is 0. The highest BCUT2D eigenvalue weighted by Gasteiger charge is 2.20. The molecule has 0 fully saturated rings. The van der Waals surface area contributed by atoms with Gasteiger partial charge in [-0.3, -0.25) is 19.2 Å². The Hall–Kier alpha value is -4.84. The monoisotopic (exact) mass is 460 g/mol. The summed E-state index contributed by atoms with van der Waals surface area (Å²) in [5.41, 5.74) is -1.39. The number of para-hydroxylation sites is 2. The molecule has 0 aliphatic rings. The first-order chi connectivity index (χ1) is 16.6. The van der Waals surface area contributed by atoms with Gasteiger partial charge in [-0.15, -0.1) is 0 Å². The van der Waals surface area contributed by atoms with Crippen molar-refractivity contribution in [1.82, 2.24) is 9.13 Å². The zero-order valence-electron chi connectivity index (χ0n) is 17.8. The van der Waals surface area contributed by atoms with Crippen molar-refractivity contribution in [2.75, 3.05) is 0 Å². The minimum atomic E-state index is -0.552. The summed E-state index contributed by atoms with van der Waals surface area (Å²) in [5.74, 6) is 0. The van der Waals surface area contributed by atoms with Gasteiger partial charge in [0.1, 0.15) is 0 Å². The molecule has 0 N–H and O–H groups in total. The Morgan fingerprint density at radius 2 is 0.657 bits per heavy atom. The molecule has 4 aromatic carbocycles. The molecule has 6 heteroatoms.